The molecule has 0 N–H and O–H groups in total. The van der Waals surface area contributed by atoms with E-state index in [0.717, 1.165) is 29.2 Å². The maximum Gasteiger partial charge on any atom is 0.226 e. The number of rotatable bonds is 7. The van der Waals surface area contributed by atoms with Gasteiger partial charge in [-0.1, -0.05) is 0 Å². The molecule has 0 spiro atoms. The van der Waals surface area contributed by atoms with Gasteiger partial charge in [-0.15, -0.1) is 0 Å². The van der Waals surface area contributed by atoms with Crippen molar-refractivity contribution in [3.63, 3.8) is 0 Å². The average Bonchev–Trinajstić information content (AvgIpc) is 2.72. The Morgan fingerprint density at radius 3 is 2.19 bits per heavy atom. The van der Waals surface area contributed by atoms with Gasteiger partial charge >= 0.3 is 0 Å². The fourth-order valence-electron chi connectivity index (χ4n) is 3.18. The summed E-state index contributed by atoms with van der Waals surface area (Å²) in [5.74, 6) is 3.00. The Bertz CT molecular complexity index is 788. The van der Waals surface area contributed by atoms with Crippen molar-refractivity contribution in [1.29, 1.82) is 0 Å². The number of amides is 1. The molecule has 144 valence electrons. The van der Waals surface area contributed by atoms with Crippen LogP contribution in [0.5, 0.6) is 23.0 Å². The molecule has 1 amide bonds. The lowest BCUT2D eigenvalue weighted by atomic mass is 9.98. The second kappa shape index (κ2) is 8.66. The molecule has 2 aromatic rings. The Balaban J connectivity index is 1.55. The monoisotopic (exact) mass is 371 g/mol. The van der Waals surface area contributed by atoms with Gasteiger partial charge in [0.15, 0.2) is 11.5 Å². The van der Waals surface area contributed by atoms with Crippen LogP contribution in [0, 0.1) is 0 Å². The molecule has 2 aromatic carbocycles. The molecule has 1 aliphatic rings. The average molecular weight is 371 g/mol. The minimum absolute atomic E-state index is 0.0870. The van der Waals surface area contributed by atoms with Crippen LogP contribution in [-0.2, 0) is 17.8 Å². The predicted octanol–water partition coefficient (Wildman–Crippen LogP) is 3.07. The Morgan fingerprint density at radius 1 is 0.926 bits per heavy atom. The zero-order valence-corrected chi connectivity index (χ0v) is 16.0. The van der Waals surface area contributed by atoms with Crippen LogP contribution in [0.2, 0.25) is 0 Å². The molecule has 0 aliphatic carbocycles. The van der Waals surface area contributed by atoms with Crippen molar-refractivity contribution in [2.75, 3.05) is 34.5 Å². The number of carbonyl (C=O) groups excluding carboxylic acids is 1. The molecule has 0 saturated carbocycles. The highest BCUT2D eigenvalue weighted by atomic mass is 16.5. The van der Waals surface area contributed by atoms with Gasteiger partial charge in [0.1, 0.15) is 11.5 Å². The quantitative estimate of drug-likeness (QED) is 0.749. The zero-order valence-electron chi connectivity index (χ0n) is 16.0. The van der Waals surface area contributed by atoms with E-state index in [9.17, 15) is 4.79 Å². The molecule has 27 heavy (non-hydrogen) atoms. The van der Waals surface area contributed by atoms with Crippen molar-refractivity contribution in [3.05, 3.63) is 47.5 Å². The van der Waals surface area contributed by atoms with Crippen molar-refractivity contribution < 1.29 is 23.7 Å². The molecule has 0 radical (unpaired) electrons. The SMILES string of the molecule is COc1ccc(OCCC(=O)N2CCc3cc(OC)c(OC)cc3C2)cc1. The van der Waals surface area contributed by atoms with Crippen LogP contribution in [0.15, 0.2) is 36.4 Å². The summed E-state index contributed by atoms with van der Waals surface area (Å²) in [5.41, 5.74) is 2.30. The Morgan fingerprint density at radius 2 is 1.56 bits per heavy atom. The molecule has 0 fully saturated rings. The standard InChI is InChI=1S/C21H25NO5/c1-24-17-4-6-18(7-5-17)27-11-9-21(23)22-10-8-15-12-19(25-2)20(26-3)13-16(15)14-22/h4-7,12-13H,8-11,14H2,1-3H3. The molecule has 0 atom stereocenters. The second-order valence-corrected chi connectivity index (χ2v) is 6.32. The fraction of sp³-hybridized carbons (Fsp3) is 0.381. The van der Waals surface area contributed by atoms with Crippen molar-refractivity contribution in [2.24, 2.45) is 0 Å². The Labute approximate surface area is 159 Å². The summed E-state index contributed by atoms with van der Waals surface area (Å²) in [4.78, 5) is 14.4. The van der Waals surface area contributed by atoms with Gasteiger partial charge in [-0.3, -0.25) is 4.79 Å². The first kappa shape index (κ1) is 18.9. The van der Waals surface area contributed by atoms with Crippen LogP contribution in [0.4, 0.5) is 0 Å². The molecular weight excluding hydrogens is 346 g/mol. The van der Waals surface area contributed by atoms with Crippen LogP contribution in [0.1, 0.15) is 17.5 Å². The van der Waals surface area contributed by atoms with E-state index in [2.05, 4.69) is 0 Å². The van der Waals surface area contributed by atoms with Crippen LogP contribution >= 0.6 is 0 Å². The van der Waals surface area contributed by atoms with Crippen LogP contribution in [0.25, 0.3) is 0 Å². The third-order valence-electron chi connectivity index (χ3n) is 4.71. The van der Waals surface area contributed by atoms with Gasteiger partial charge in [0, 0.05) is 13.1 Å². The van der Waals surface area contributed by atoms with E-state index in [-0.39, 0.29) is 5.91 Å². The highest BCUT2D eigenvalue weighted by molar-refractivity contribution is 5.76. The summed E-state index contributed by atoms with van der Waals surface area (Å²) in [6, 6.07) is 11.3. The highest BCUT2D eigenvalue weighted by Crippen LogP contribution is 2.33. The van der Waals surface area contributed by atoms with Crippen molar-refractivity contribution in [3.8, 4) is 23.0 Å². The van der Waals surface area contributed by atoms with E-state index in [1.807, 2.05) is 41.3 Å². The van der Waals surface area contributed by atoms with Crippen LogP contribution < -0.4 is 18.9 Å². The van der Waals surface area contributed by atoms with E-state index in [4.69, 9.17) is 18.9 Å². The molecule has 6 nitrogen and oxygen atoms in total. The largest absolute Gasteiger partial charge is 0.497 e. The lowest BCUT2D eigenvalue weighted by Gasteiger charge is -2.29. The smallest absolute Gasteiger partial charge is 0.226 e. The maximum absolute atomic E-state index is 12.5. The number of fused-ring (bicyclic) bond motifs is 1. The van der Waals surface area contributed by atoms with E-state index in [0.29, 0.717) is 31.9 Å². The minimum Gasteiger partial charge on any atom is -0.497 e. The topological polar surface area (TPSA) is 57.2 Å². The minimum atomic E-state index is 0.0870. The molecule has 0 bridgehead atoms. The van der Waals surface area contributed by atoms with E-state index in [1.165, 1.54) is 5.56 Å². The fourth-order valence-corrected chi connectivity index (χ4v) is 3.18. The van der Waals surface area contributed by atoms with E-state index in [1.54, 1.807) is 21.3 Å². The van der Waals surface area contributed by atoms with Crippen LogP contribution in [0.3, 0.4) is 0 Å². The summed E-state index contributed by atoms with van der Waals surface area (Å²) in [7, 11) is 4.87. The van der Waals surface area contributed by atoms with Gasteiger partial charge in [0.25, 0.3) is 0 Å². The zero-order chi connectivity index (χ0) is 19.2. The van der Waals surface area contributed by atoms with E-state index < -0.39 is 0 Å². The number of hydrogen-bond donors (Lipinski definition) is 0. The van der Waals surface area contributed by atoms with Crippen molar-refractivity contribution in [2.45, 2.75) is 19.4 Å². The van der Waals surface area contributed by atoms with Gasteiger partial charge < -0.3 is 23.8 Å². The number of benzene rings is 2. The summed E-state index contributed by atoms with van der Waals surface area (Å²) < 4.78 is 21.5. The van der Waals surface area contributed by atoms with Gasteiger partial charge in [-0.2, -0.15) is 0 Å². The second-order valence-electron chi connectivity index (χ2n) is 6.32. The molecule has 1 heterocycles. The molecule has 0 unspecified atom stereocenters. The number of nitrogens with zero attached hydrogens (tertiary/aromatic N) is 1. The van der Waals surface area contributed by atoms with Gasteiger partial charge in [-0.25, -0.2) is 0 Å². The first-order chi connectivity index (χ1) is 13.1. The molecule has 6 heteroatoms. The third kappa shape index (κ3) is 4.45. The molecule has 1 aliphatic heterocycles. The number of hydrogen-bond acceptors (Lipinski definition) is 5. The molecule has 0 aromatic heterocycles. The summed E-state index contributed by atoms with van der Waals surface area (Å²) in [5, 5.41) is 0. The maximum atomic E-state index is 12.5. The normalized spacial score (nSPS) is 12.9. The Kier molecular flexibility index (Phi) is 6.06. The molecule has 0 saturated heterocycles. The van der Waals surface area contributed by atoms with E-state index >= 15 is 0 Å². The Hall–Kier alpha value is -2.89. The van der Waals surface area contributed by atoms with Gasteiger partial charge in [0.2, 0.25) is 5.91 Å². The van der Waals surface area contributed by atoms with Crippen LogP contribution in [-0.4, -0.2) is 45.3 Å². The summed E-state index contributed by atoms with van der Waals surface area (Å²) in [6.45, 7) is 1.63. The first-order valence-electron chi connectivity index (χ1n) is 8.93. The number of methoxy groups -OCH3 is 3. The molecular formula is C21H25NO5. The van der Waals surface area contributed by atoms with Gasteiger partial charge in [-0.05, 0) is 53.9 Å². The highest BCUT2D eigenvalue weighted by Gasteiger charge is 2.22. The molecule has 3 rings (SSSR count). The number of carbonyl (C=O) groups is 1. The first-order valence-corrected chi connectivity index (χ1v) is 8.93. The lowest BCUT2D eigenvalue weighted by molar-refractivity contribution is -0.132. The summed E-state index contributed by atoms with van der Waals surface area (Å²) >= 11 is 0. The van der Waals surface area contributed by atoms with Crippen molar-refractivity contribution in [1.82, 2.24) is 4.90 Å². The predicted molar refractivity (Wildman–Crippen MR) is 102 cm³/mol. The number of ether oxygens (including phenoxy) is 4. The third-order valence-corrected chi connectivity index (χ3v) is 4.71. The van der Waals surface area contributed by atoms with Gasteiger partial charge in [0.05, 0.1) is 34.4 Å². The lowest BCUT2D eigenvalue weighted by Crippen LogP contribution is -2.36. The summed E-state index contributed by atoms with van der Waals surface area (Å²) in [6.07, 6.45) is 1.15. The van der Waals surface area contributed by atoms with Crippen molar-refractivity contribution >= 4 is 5.91 Å².